The standard InChI is InChI=1S/C12H10.C4H4N2O2/c1-3-7-11(8-4-1)12-9-5-2-6-10-12;7-3-1-2-5-4(8)6-3/h1-10H;1-2H,(H2,5,6,7,8). The lowest BCUT2D eigenvalue weighted by Crippen LogP contribution is -2.19. The van der Waals surface area contributed by atoms with Gasteiger partial charge in [0.25, 0.3) is 5.56 Å². The molecule has 2 aromatic carbocycles. The highest BCUT2D eigenvalue weighted by Gasteiger charge is 1.91. The van der Waals surface area contributed by atoms with E-state index < -0.39 is 5.69 Å². The molecule has 3 aromatic rings. The molecule has 4 nitrogen and oxygen atoms in total. The summed E-state index contributed by atoms with van der Waals surface area (Å²) in [6, 6.07) is 22.0. The normalized spacial score (nSPS) is 9.40. The van der Waals surface area contributed by atoms with E-state index in [4.69, 9.17) is 0 Å². The first-order valence-corrected chi connectivity index (χ1v) is 6.14. The van der Waals surface area contributed by atoms with Gasteiger partial charge in [-0.05, 0) is 11.1 Å². The Balaban J connectivity index is 0.000000160. The monoisotopic (exact) mass is 266 g/mol. The van der Waals surface area contributed by atoms with E-state index in [1.54, 1.807) is 0 Å². The lowest BCUT2D eigenvalue weighted by Gasteiger charge is -1.98. The van der Waals surface area contributed by atoms with Crippen molar-refractivity contribution in [1.82, 2.24) is 9.97 Å². The molecule has 0 bridgehead atoms. The third kappa shape index (κ3) is 4.10. The van der Waals surface area contributed by atoms with Gasteiger partial charge in [-0.2, -0.15) is 0 Å². The number of H-pyrrole nitrogens is 2. The summed E-state index contributed by atoms with van der Waals surface area (Å²) < 4.78 is 0. The van der Waals surface area contributed by atoms with Crippen LogP contribution in [0.2, 0.25) is 0 Å². The van der Waals surface area contributed by atoms with Crippen LogP contribution in [0.25, 0.3) is 11.1 Å². The second-order valence-electron chi connectivity index (χ2n) is 4.03. The molecule has 0 radical (unpaired) electrons. The molecule has 4 heteroatoms. The molecule has 20 heavy (non-hydrogen) atoms. The van der Waals surface area contributed by atoms with Crippen molar-refractivity contribution in [3.63, 3.8) is 0 Å². The summed E-state index contributed by atoms with van der Waals surface area (Å²) in [5.41, 5.74) is 1.70. The van der Waals surface area contributed by atoms with Gasteiger partial charge >= 0.3 is 5.69 Å². The van der Waals surface area contributed by atoms with Crippen molar-refractivity contribution in [3.8, 4) is 11.1 Å². The highest BCUT2D eigenvalue weighted by Crippen LogP contribution is 2.17. The van der Waals surface area contributed by atoms with Crippen molar-refractivity contribution in [2.45, 2.75) is 0 Å². The van der Waals surface area contributed by atoms with Gasteiger partial charge in [0.2, 0.25) is 0 Å². The predicted molar refractivity (Wildman–Crippen MR) is 79.6 cm³/mol. The van der Waals surface area contributed by atoms with Gasteiger partial charge in [-0.3, -0.25) is 9.78 Å². The Morgan fingerprint density at radius 3 is 1.50 bits per heavy atom. The van der Waals surface area contributed by atoms with E-state index in [0.29, 0.717) is 0 Å². The van der Waals surface area contributed by atoms with Crippen LogP contribution in [0, 0.1) is 0 Å². The SMILES string of the molecule is O=c1cc[nH]c(=O)[nH]1.c1ccc(-c2ccccc2)cc1. The molecule has 0 aliphatic heterocycles. The van der Waals surface area contributed by atoms with Gasteiger partial charge < -0.3 is 4.98 Å². The van der Waals surface area contributed by atoms with Crippen LogP contribution in [0.15, 0.2) is 82.5 Å². The van der Waals surface area contributed by atoms with E-state index in [2.05, 4.69) is 53.5 Å². The van der Waals surface area contributed by atoms with Gasteiger partial charge in [-0.25, -0.2) is 4.79 Å². The zero-order valence-corrected chi connectivity index (χ0v) is 10.7. The Morgan fingerprint density at radius 1 is 0.650 bits per heavy atom. The van der Waals surface area contributed by atoms with Gasteiger partial charge in [-0.15, -0.1) is 0 Å². The molecule has 0 atom stereocenters. The summed E-state index contributed by atoms with van der Waals surface area (Å²) in [5, 5.41) is 0. The molecule has 0 spiro atoms. The van der Waals surface area contributed by atoms with Gasteiger partial charge in [-0.1, -0.05) is 60.7 Å². The quantitative estimate of drug-likeness (QED) is 0.710. The average Bonchev–Trinajstić information content (AvgIpc) is 2.49. The molecular formula is C16H14N2O2. The highest BCUT2D eigenvalue weighted by molar-refractivity contribution is 5.62. The van der Waals surface area contributed by atoms with Crippen LogP contribution in [-0.4, -0.2) is 9.97 Å². The van der Waals surface area contributed by atoms with Crippen LogP contribution in [-0.2, 0) is 0 Å². The zero-order chi connectivity index (χ0) is 14.2. The van der Waals surface area contributed by atoms with Crippen LogP contribution in [0.5, 0.6) is 0 Å². The Hall–Kier alpha value is -2.88. The first-order chi connectivity index (χ1) is 9.75. The fraction of sp³-hybridized carbons (Fsp3) is 0. The topological polar surface area (TPSA) is 65.7 Å². The number of rotatable bonds is 1. The van der Waals surface area contributed by atoms with Gasteiger partial charge in [0.15, 0.2) is 0 Å². The number of benzene rings is 2. The second-order valence-corrected chi connectivity index (χ2v) is 4.03. The van der Waals surface area contributed by atoms with E-state index in [9.17, 15) is 9.59 Å². The lowest BCUT2D eigenvalue weighted by atomic mass is 10.1. The first-order valence-electron chi connectivity index (χ1n) is 6.14. The molecular weight excluding hydrogens is 252 g/mol. The van der Waals surface area contributed by atoms with E-state index in [1.807, 2.05) is 17.1 Å². The molecule has 2 N–H and O–H groups in total. The summed E-state index contributed by atoms with van der Waals surface area (Å²) in [6.45, 7) is 0. The van der Waals surface area contributed by atoms with Crippen molar-refractivity contribution in [1.29, 1.82) is 0 Å². The fourth-order valence-corrected chi connectivity index (χ4v) is 1.64. The molecule has 0 amide bonds. The van der Waals surface area contributed by atoms with Gasteiger partial charge in [0.1, 0.15) is 0 Å². The fourth-order valence-electron chi connectivity index (χ4n) is 1.64. The molecule has 0 unspecified atom stereocenters. The van der Waals surface area contributed by atoms with Crippen molar-refractivity contribution in [3.05, 3.63) is 93.8 Å². The number of hydrogen-bond donors (Lipinski definition) is 2. The molecule has 0 fully saturated rings. The van der Waals surface area contributed by atoms with Crippen molar-refractivity contribution in [2.24, 2.45) is 0 Å². The van der Waals surface area contributed by atoms with Crippen LogP contribution in [0.4, 0.5) is 0 Å². The Morgan fingerprint density at radius 2 is 1.15 bits per heavy atom. The molecule has 1 heterocycles. The maximum absolute atomic E-state index is 10.2. The minimum absolute atomic E-state index is 0.381. The van der Waals surface area contributed by atoms with Gasteiger partial charge in [0.05, 0.1) is 0 Å². The number of nitrogens with one attached hydrogen (secondary N) is 2. The Bertz CT molecular complexity index is 683. The summed E-state index contributed by atoms with van der Waals surface area (Å²) in [6.07, 6.45) is 1.29. The Labute approximate surface area is 115 Å². The van der Waals surface area contributed by atoms with Gasteiger partial charge in [0, 0.05) is 12.3 Å². The van der Waals surface area contributed by atoms with E-state index >= 15 is 0 Å². The summed E-state index contributed by atoms with van der Waals surface area (Å²) in [4.78, 5) is 24.7. The Kier molecular flexibility index (Phi) is 4.67. The largest absolute Gasteiger partial charge is 0.325 e. The number of aromatic amines is 2. The summed E-state index contributed by atoms with van der Waals surface area (Å²) >= 11 is 0. The molecule has 0 saturated heterocycles. The van der Waals surface area contributed by atoms with Crippen LogP contribution < -0.4 is 11.2 Å². The molecule has 0 aliphatic rings. The lowest BCUT2D eigenvalue weighted by molar-refractivity contribution is 1.04. The molecule has 0 saturated carbocycles. The average molecular weight is 266 g/mol. The van der Waals surface area contributed by atoms with Crippen molar-refractivity contribution < 1.29 is 0 Å². The highest BCUT2D eigenvalue weighted by atomic mass is 16.2. The van der Waals surface area contributed by atoms with E-state index in [1.165, 1.54) is 23.4 Å². The third-order valence-corrected chi connectivity index (χ3v) is 2.57. The van der Waals surface area contributed by atoms with Crippen LogP contribution in [0.1, 0.15) is 0 Å². The van der Waals surface area contributed by atoms with Crippen LogP contribution in [0.3, 0.4) is 0 Å². The maximum atomic E-state index is 10.2. The van der Waals surface area contributed by atoms with E-state index in [-0.39, 0.29) is 5.56 Å². The maximum Gasteiger partial charge on any atom is 0.325 e. The molecule has 3 rings (SSSR count). The van der Waals surface area contributed by atoms with Crippen molar-refractivity contribution >= 4 is 0 Å². The predicted octanol–water partition coefficient (Wildman–Crippen LogP) is 2.42. The molecule has 1 aromatic heterocycles. The zero-order valence-electron chi connectivity index (χ0n) is 10.7. The number of hydrogen-bond acceptors (Lipinski definition) is 2. The number of aromatic nitrogens is 2. The van der Waals surface area contributed by atoms with Crippen LogP contribution >= 0.6 is 0 Å². The molecule has 0 aliphatic carbocycles. The first kappa shape index (κ1) is 13.5. The van der Waals surface area contributed by atoms with Crippen molar-refractivity contribution in [2.75, 3.05) is 0 Å². The molecule has 100 valence electrons. The second kappa shape index (κ2) is 6.89. The minimum atomic E-state index is -0.475. The third-order valence-electron chi connectivity index (χ3n) is 2.57. The summed E-state index contributed by atoms with van der Waals surface area (Å²) in [5.74, 6) is 0. The minimum Gasteiger partial charge on any atom is -0.314 e. The van der Waals surface area contributed by atoms with E-state index in [0.717, 1.165) is 0 Å². The summed E-state index contributed by atoms with van der Waals surface area (Å²) in [7, 11) is 0. The smallest absolute Gasteiger partial charge is 0.314 e.